The van der Waals surface area contributed by atoms with Gasteiger partial charge in [-0.1, -0.05) is 43.6 Å². The van der Waals surface area contributed by atoms with Crippen molar-refractivity contribution in [3.05, 3.63) is 51.8 Å². The third-order valence-corrected chi connectivity index (χ3v) is 4.17. The summed E-state index contributed by atoms with van der Waals surface area (Å²) in [5, 5.41) is 7.31. The lowest BCUT2D eigenvalue weighted by atomic mass is 10.0. The molecule has 2 aromatic rings. The van der Waals surface area contributed by atoms with Gasteiger partial charge in [-0.05, 0) is 24.5 Å². The Balaban J connectivity index is 2.20. The number of rotatable bonds is 7. The summed E-state index contributed by atoms with van der Waals surface area (Å²) >= 11 is 6.17. The van der Waals surface area contributed by atoms with E-state index < -0.39 is 23.5 Å². The van der Waals surface area contributed by atoms with Crippen molar-refractivity contribution in [3.8, 4) is 11.3 Å². The highest BCUT2D eigenvalue weighted by atomic mass is 35.5. The Hall–Kier alpha value is -2.67. The highest BCUT2D eigenvalue weighted by Crippen LogP contribution is 2.24. The molecule has 0 radical (unpaired) electrons. The zero-order valence-electron chi connectivity index (χ0n) is 15.4. The molecule has 0 fully saturated rings. The second-order valence-electron chi connectivity index (χ2n) is 6.47. The molecule has 0 aliphatic rings. The highest BCUT2D eigenvalue weighted by molar-refractivity contribution is 6.33. The number of methoxy groups -OCH3 is 1. The predicted molar refractivity (Wildman–Crippen MR) is 102 cm³/mol. The number of nitrogens with zero attached hydrogens (tertiary/aromatic N) is 2. The topological polar surface area (TPSA) is 90.3 Å². The Morgan fingerprint density at radius 1 is 1.22 bits per heavy atom. The summed E-state index contributed by atoms with van der Waals surface area (Å²) in [6.45, 7) is 3.55. The zero-order valence-corrected chi connectivity index (χ0v) is 16.2. The van der Waals surface area contributed by atoms with Gasteiger partial charge in [0.05, 0.1) is 17.8 Å². The Bertz CT molecular complexity index is 879. The summed E-state index contributed by atoms with van der Waals surface area (Å²) < 4.78 is 5.77. The largest absolute Gasteiger partial charge is 0.467 e. The molecule has 0 bridgehead atoms. The third kappa shape index (κ3) is 5.65. The molecule has 0 aliphatic carbocycles. The van der Waals surface area contributed by atoms with Crippen molar-refractivity contribution in [1.29, 1.82) is 0 Å². The van der Waals surface area contributed by atoms with Crippen molar-refractivity contribution in [3.63, 3.8) is 0 Å². The molecule has 1 N–H and O–H groups in total. The fraction of sp³-hybridized carbons (Fsp3) is 0.368. The number of aromatic nitrogens is 2. The van der Waals surface area contributed by atoms with Gasteiger partial charge in [0.2, 0.25) is 5.91 Å². The molecule has 0 saturated heterocycles. The van der Waals surface area contributed by atoms with Crippen molar-refractivity contribution in [2.45, 2.75) is 32.9 Å². The number of esters is 1. The summed E-state index contributed by atoms with van der Waals surface area (Å²) in [4.78, 5) is 36.3. The first-order valence-corrected chi connectivity index (χ1v) is 8.90. The van der Waals surface area contributed by atoms with Crippen LogP contribution in [0.25, 0.3) is 11.3 Å². The maximum atomic E-state index is 12.3. The van der Waals surface area contributed by atoms with Gasteiger partial charge in [-0.25, -0.2) is 9.48 Å². The Morgan fingerprint density at radius 3 is 2.56 bits per heavy atom. The minimum atomic E-state index is -0.773. The lowest BCUT2D eigenvalue weighted by Crippen LogP contribution is -2.44. The number of ether oxygens (including phenoxy) is 1. The smallest absolute Gasteiger partial charge is 0.328 e. The summed E-state index contributed by atoms with van der Waals surface area (Å²) in [5.41, 5.74) is 0.694. The third-order valence-electron chi connectivity index (χ3n) is 3.84. The van der Waals surface area contributed by atoms with Gasteiger partial charge in [-0.15, -0.1) is 0 Å². The molecule has 1 atom stereocenters. The lowest BCUT2D eigenvalue weighted by molar-refractivity contribution is -0.145. The number of carbonyl (C=O) groups excluding carboxylic acids is 2. The van der Waals surface area contributed by atoms with E-state index >= 15 is 0 Å². The molecular weight excluding hydrogens is 370 g/mol. The van der Waals surface area contributed by atoms with Gasteiger partial charge >= 0.3 is 5.97 Å². The molecule has 27 heavy (non-hydrogen) atoms. The summed E-state index contributed by atoms with van der Waals surface area (Å²) in [6, 6.07) is 9.18. The van der Waals surface area contributed by atoms with E-state index in [1.807, 2.05) is 13.8 Å². The van der Waals surface area contributed by atoms with Crippen molar-refractivity contribution in [2.75, 3.05) is 7.11 Å². The minimum Gasteiger partial charge on any atom is -0.467 e. The molecular formula is C19H22ClN3O4. The number of carbonyl (C=O) groups is 2. The van der Waals surface area contributed by atoms with E-state index in [1.54, 1.807) is 30.3 Å². The first-order chi connectivity index (χ1) is 12.8. The summed E-state index contributed by atoms with van der Waals surface area (Å²) in [5.74, 6) is -0.849. The first kappa shape index (κ1) is 20.6. The van der Waals surface area contributed by atoms with Crippen LogP contribution in [0.2, 0.25) is 5.02 Å². The van der Waals surface area contributed by atoms with Crippen LogP contribution in [0.5, 0.6) is 0 Å². The lowest BCUT2D eigenvalue weighted by Gasteiger charge is -2.18. The molecule has 0 aliphatic heterocycles. The molecule has 1 aromatic heterocycles. The second-order valence-corrected chi connectivity index (χ2v) is 6.87. The van der Waals surface area contributed by atoms with Crippen LogP contribution < -0.4 is 10.9 Å². The van der Waals surface area contributed by atoms with Crippen LogP contribution in [0.4, 0.5) is 0 Å². The Kier molecular flexibility index (Phi) is 7.12. The van der Waals surface area contributed by atoms with E-state index in [0.717, 1.165) is 4.68 Å². The van der Waals surface area contributed by atoms with Crippen LogP contribution in [0, 0.1) is 5.92 Å². The molecule has 1 amide bonds. The normalized spacial score (nSPS) is 11.9. The van der Waals surface area contributed by atoms with Gasteiger partial charge in [0.15, 0.2) is 0 Å². The van der Waals surface area contributed by atoms with Crippen molar-refractivity contribution >= 4 is 23.5 Å². The van der Waals surface area contributed by atoms with Gasteiger partial charge < -0.3 is 10.1 Å². The van der Waals surface area contributed by atoms with Crippen LogP contribution in [0.1, 0.15) is 20.3 Å². The molecule has 144 valence electrons. The fourth-order valence-electron chi connectivity index (χ4n) is 2.58. The monoisotopic (exact) mass is 391 g/mol. The molecule has 1 unspecified atom stereocenters. The van der Waals surface area contributed by atoms with E-state index in [-0.39, 0.29) is 12.5 Å². The molecule has 0 spiro atoms. The zero-order chi connectivity index (χ0) is 20.0. The fourth-order valence-corrected chi connectivity index (χ4v) is 2.81. The van der Waals surface area contributed by atoms with Crippen molar-refractivity contribution in [2.24, 2.45) is 5.92 Å². The van der Waals surface area contributed by atoms with Gasteiger partial charge in [-0.2, -0.15) is 5.10 Å². The SMILES string of the molecule is COC(=O)C(CC(C)C)NC(=O)Cn1nc(-c2ccccc2Cl)ccc1=O. The molecule has 7 nitrogen and oxygen atoms in total. The molecule has 1 aromatic carbocycles. The summed E-state index contributed by atoms with van der Waals surface area (Å²) in [7, 11) is 1.26. The number of halogens is 1. The molecule has 2 rings (SSSR count). The molecule has 8 heteroatoms. The van der Waals surface area contributed by atoms with E-state index in [4.69, 9.17) is 16.3 Å². The van der Waals surface area contributed by atoms with Crippen LogP contribution in [0.15, 0.2) is 41.2 Å². The van der Waals surface area contributed by atoms with E-state index in [0.29, 0.717) is 22.7 Å². The predicted octanol–water partition coefficient (Wildman–Crippen LogP) is 2.27. The van der Waals surface area contributed by atoms with Gasteiger partial charge in [-0.3, -0.25) is 9.59 Å². The minimum absolute atomic E-state index is 0.179. The van der Waals surface area contributed by atoms with Crippen LogP contribution in [-0.2, 0) is 20.9 Å². The van der Waals surface area contributed by atoms with Gasteiger partial charge in [0.1, 0.15) is 12.6 Å². The van der Waals surface area contributed by atoms with Gasteiger partial charge in [0.25, 0.3) is 5.56 Å². The maximum Gasteiger partial charge on any atom is 0.328 e. The molecule has 0 saturated carbocycles. The number of hydrogen-bond acceptors (Lipinski definition) is 5. The highest BCUT2D eigenvalue weighted by Gasteiger charge is 2.23. The number of amides is 1. The second kappa shape index (κ2) is 9.32. The standard InChI is InChI=1S/C19H22ClN3O4/c1-12(2)10-16(19(26)27-3)21-17(24)11-23-18(25)9-8-15(22-23)13-6-4-5-7-14(13)20/h4-9,12,16H,10-11H2,1-3H3,(H,21,24). The first-order valence-electron chi connectivity index (χ1n) is 8.52. The average Bonchev–Trinajstić information content (AvgIpc) is 2.62. The average molecular weight is 392 g/mol. The van der Waals surface area contributed by atoms with Crippen LogP contribution in [0.3, 0.4) is 0 Å². The quantitative estimate of drug-likeness (QED) is 0.731. The van der Waals surface area contributed by atoms with Gasteiger partial charge in [0, 0.05) is 11.6 Å². The Morgan fingerprint density at radius 2 is 1.93 bits per heavy atom. The number of nitrogens with one attached hydrogen (secondary N) is 1. The number of benzene rings is 1. The van der Waals surface area contributed by atoms with Crippen LogP contribution >= 0.6 is 11.6 Å². The van der Waals surface area contributed by atoms with Crippen LogP contribution in [-0.4, -0.2) is 34.8 Å². The van der Waals surface area contributed by atoms with Crippen molar-refractivity contribution < 1.29 is 14.3 Å². The van der Waals surface area contributed by atoms with E-state index in [1.165, 1.54) is 13.2 Å². The number of hydrogen-bond donors (Lipinski definition) is 1. The molecule has 1 heterocycles. The maximum absolute atomic E-state index is 12.3. The van der Waals surface area contributed by atoms with E-state index in [9.17, 15) is 14.4 Å². The van der Waals surface area contributed by atoms with Crippen molar-refractivity contribution in [1.82, 2.24) is 15.1 Å². The van der Waals surface area contributed by atoms with E-state index in [2.05, 4.69) is 10.4 Å². The Labute approximate surface area is 162 Å². The summed E-state index contributed by atoms with van der Waals surface area (Å²) in [6.07, 6.45) is 0.431.